The van der Waals surface area contributed by atoms with E-state index in [1.165, 1.54) is 44.9 Å². The average molecular weight is 287 g/mol. The predicted octanol–water partition coefficient (Wildman–Crippen LogP) is 5.46. The highest BCUT2D eigenvalue weighted by molar-refractivity contribution is 5.66. The average Bonchev–Trinajstić information content (AvgIpc) is 2.50. The maximum atomic E-state index is 11.7. The van der Waals surface area contributed by atoms with Gasteiger partial charge in [0.05, 0.1) is 0 Å². The molecule has 0 spiro atoms. The summed E-state index contributed by atoms with van der Waals surface area (Å²) in [5, 5.41) is 11.7. The Labute approximate surface area is 129 Å². The fourth-order valence-electron chi connectivity index (χ4n) is 2.29. The number of hydrogen-bond donors (Lipinski definition) is 0. The van der Waals surface area contributed by atoms with E-state index in [4.69, 9.17) is 0 Å². The second-order valence-electron chi connectivity index (χ2n) is 5.55. The summed E-state index contributed by atoms with van der Waals surface area (Å²) in [6.07, 6.45) is 16.0. The molecule has 2 heteroatoms. The molecular formula is C19H29NO. The van der Waals surface area contributed by atoms with E-state index in [9.17, 15) is 5.21 Å². The van der Waals surface area contributed by atoms with E-state index in [1.54, 1.807) is 6.21 Å². The van der Waals surface area contributed by atoms with E-state index in [-0.39, 0.29) is 0 Å². The first kappa shape index (κ1) is 17.5. The van der Waals surface area contributed by atoms with Crippen molar-refractivity contribution in [3.05, 3.63) is 53.3 Å². The zero-order valence-corrected chi connectivity index (χ0v) is 13.3. The van der Waals surface area contributed by atoms with Crippen LogP contribution in [0.1, 0.15) is 63.9 Å². The number of hydroxylamine groups is 1. The summed E-state index contributed by atoms with van der Waals surface area (Å²) in [7, 11) is 0. The standard InChI is InChI=1S/C19H29NO/c1-2-3-4-5-6-7-8-9-10-14-17-20(21)18-19-15-12-11-13-16-19/h10-17H,2-9,18H2,1H3. The number of unbranched alkanes of at least 4 members (excludes halogenated alkanes) is 7. The van der Waals surface area contributed by atoms with Gasteiger partial charge in [-0.3, -0.25) is 0 Å². The third-order valence-electron chi connectivity index (χ3n) is 3.54. The van der Waals surface area contributed by atoms with Crippen molar-refractivity contribution in [2.45, 2.75) is 64.8 Å². The highest BCUT2D eigenvalue weighted by Crippen LogP contribution is 2.08. The Morgan fingerprint density at radius 3 is 2.33 bits per heavy atom. The van der Waals surface area contributed by atoms with Crippen LogP contribution in [0.4, 0.5) is 0 Å². The minimum atomic E-state index is 0.419. The van der Waals surface area contributed by atoms with Gasteiger partial charge in [0.1, 0.15) is 0 Å². The van der Waals surface area contributed by atoms with Crippen LogP contribution in [0.25, 0.3) is 0 Å². The van der Waals surface area contributed by atoms with Gasteiger partial charge in [0.15, 0.2) is 12.8 Å². The normalized spacial score (nSPS) is 12.1. The number of hydrogen-bond acceptors (Lipinski definition) is 1. The molecule has 0 atom stereocenters. The van der Waals surface area contributed by atoms with Crippen LogP contribution in [-0.4, -0.2) is 11.0 Å². The fraction of sp³-hybridized carbons (Fsp3) is 0.526. The monoisotopic (exact) mass is 287 g/mol. The van der Waals surface area contributed by atoms with E-state index in [1.807, 2.05) is 36.4 Å². The zero-order chi connectivity index (χ0) is 15.2. The summed E-state index contributed by atoms with van der Waals surface area (Å²) < 4.78 is 0.983. The minimum absolute atomic E-state index is 0.419. The molecule has 0 unspecified atom stereocenters. The molecule has 21 heavy (non-hydrogen) atoms. The van der Waals surface area contributed by atoms with Crippen molar-refractivity contribution < 1.29 is 4.74 Å². The Balaban J connectivity index is 2.06. The molecule has 0 aliphatic rings. The van der Waals surface area contributed by atoms with Gasteiger partial charge in [-0.1, -0.05) is 81.9 Å². The molecule has 1 aromatic carbocycles. The number of benzene rings is 1. The van der Waals surface area contributed by atoms with Gasteiger partial charge < -0.3 is 5.21 Å². The van der Waals surface area contributed by atoms with Crippen molar-refractivity contribution in [2.75, 3.05) is 0 Å². The maximum Gasteiger partial charge on any atom is 0.178 e. The Morgan fingerprint density at radius 1 is 0.952 bits per heavy atom. The van der Waals surface area contributed by atoms with Crippen molar-refractivity contribution in [3.63, 3.8) is 0 Å². The summed E-state index contributed by atoms with van der Waals surface area (Å²) in [6, 6.07) is 9.82. The molecule has 0 aliphatic carbocycles. The second-order valence-corrected chi connectivity index (χ2v) is 5.55. The molecule has 0 bridgehead atoms. The molecule has 2 nitrogen and oxygen atoms in total. The Morgan fingerprint density at radius 2 is 1.62 bits per heavy atom. The number of allylic oxidation sites excluding steroid dienone is 2. The topological polar surface area (TPSA) is 26.1 Å². The van der Waals surface area contributed by atoms with E-state index in [0.717, 1.165) is 16.7 Å². The third-order valence-corrected chi connectivity index (χ3v) is 3.54. The Kier molecular flexibility index (Phi) is 10.1. The molecule has 116 valence electrons. The fourth-order valence-corrected chi connectivity index (χ4v) is 2.29. The van der Waals surface area contributed by atoms with Crippen molar-refractivity contribution in [1.82, 2.24) is 0 Å². The predicted molar refractivity (Wildman–Crippen MR) is 91.6 cm³/mol. The largest absolute Gasteiger partial charge is 0.624 e. The van der Waals surface area contributed by atoms with Crippen LogP contribution in [0.15, 0.2) is 42.5 Å². The summed E-state index contributed by atoms with van der Waals surface area (Å²) in [5.74, 6) is 0. The van der Waals surface area contributed by atoms with Gasteiger partial charge in [-0.2, -0.15) is 0 Å². The maximum absolute atomic E-state index is 11.7. The van der Waals surface area contributed by atoms with Crippen LogP contribution >= 0.6 is 0 Å². The van der Waals surface area contributed by atoms with Gasteiger partial charge in [0.2, 0.25) is 0 Å². The summed E-state index contributed by atoms with van der Waals surface area (Å²) in [4.78, 5) is 0. The highest BCUT2D eigenvalue weighted by atomic mass is 16.5. The summed E-state index contributed by atoms with van der Waals surface area (Å²) >= 11 is 0. The molecule has 0 heterocycles. The summed E-state index contributed by atoms with van der Waals surface area (Å²) in [6.45, 7) is 2.67. The first-order valence-electron chi connectivity index (χ1n) is 8.30. The molecule has 0 radical (unpaired) electrons. The molecule has 1 rings (SSSR count). The Bertz CT molecular complexity index is 409. The molecule has 0 fully saturated rings. The van der Waals surface area contributed by atoms with Gasteiger partial charge in [-0.15, -0.1) is 0 Å². The van der Waals surface area contributed by atoms with E-state index >= 15 is 0 Å². The minimum Gasteiger partial charge on any atom is -0.624 e. The molecule has 0 aliphatic heterocycles. The lowest BCUT2D eigenvalue weighted by atomic mass is 10.1. The molecular weight excluding hydrogens is 258 g/mol. The van der Waals surface area contributed by atoms with Crippen LogP contribution in [0.5, 0.6) is 0 Å². The molecule has 1 aromatic rings. The molecule has 0 N–H and O–H groups in total. The van der Waals surface area contributed by atoms with Crippen LogP contribution in [0.2, 0.25) is 0 Å². The van der Waals surface area contributed by atoms with Crippen LogP contribution in [-0.2, 0) is 6.54 Å². The van der Waals surface area contributed by atoms with Gasteiger partial charge in [0.25, 0.3) is 0 Å². The molecule has 0 saturated heterocycles. The zero-order valence-electron chi connectivity index (χ0n) is 13.3. The van der Waals surface area contributed by atoms with Crippen LogP contribution in [0, 0.1) is 5.21 Å². The quantitative estimate of drug-likeness (QED) is 0.174. The highest BCUT2D eigenvalue weighted by Gasteiger charge is 1.95. The van der Waals surface area contributed by atoms with Gasteiger partial charge in [0, 0.05) is 5.56 Å². The third kappa shape index (κ3) is 9.89. The van der Waals surface area contributed by atoms with Gasteiger partial charge >= 0.3 is 0 Å². The lowest BCUT2D eigenvalue weighted by molar-refractivity contribution is -0.469. The lowest BCUT2D eigenvalue weighted by Gasteiger charge is -2.02. The van der Waals surface area contributed by atoms with E-state index in [0.29, 0.717) is 6.54 Å². The van der Waals surface area contributed by atoms with Gasteiger partial charge in [-0.25, -0.2) is 4.74 Å². The summed E-state index contributed by atoms with van der Waals surface area (Å²) in [5.41, 5.74) is 1.05. The first-order valence-corrected chi connectivity index (χ1v) is 8.30. The van der Waals surface area contributed by atoms with E-state index in [2.05, 4.69) is 13.0 Å². The number of nitrogens with zero attached hydrogens (tertiary/aromatic N) is 1. The SMILES string of the molecule is CCCCCCCCCC=CC=[N+]([O-])Cc1ccccc1. The molecule has 0 saturated carbocycles. The van der Waals surface area contributed by atoms with Crippen LogP contribution in [0.3, 0.4) is 0 Å². The molecule has 0 aromatic heterocycles. The van der Waals surface area contributed by atoms with Crippen molar-refractivity contribution in [1.29, 1.82) is 0 Å². The number of rotatable bonds is 11. The smallest absolute Gasteiger partial charge is 0.178 e. The lowest BCUT2D eigenvalue weighted by Crippen LogP contribution is -2.03. The second kappa shape index (κ2) is 12.2. The first-order chi connectivity index (χ1) is 10.3. The van der Waals surface area contributed by atoms with Crippen molar-refractivity contribution in [2.24, 2.45) is 0 Å². The molecule has 0 amide bonds. The Hall–Kier alpha value is -1.57. The van der Waals surface area contributed by atoms with E-state index < -0.39 is 0 Å². The van der Waals surface area contributed by atoms with Crippen molar-refractivity contribution >= 4 is 6.21 Å². The van der Waals surface area contributed by atoms with Gasteiger partial charge in [-0.05, 0) is 18.9 Å². The van der Waals surface area contributed by atoms with Crippen LogP contribution < -0.4 is 0 Å². The van der Waals surface area contributed by atoms with Crippen molar-refractivity contribution in [3.8, 4) is 0 Å².